The van der Waals surface area contributed by atoms with Crippen molar-refractivity contribution in [3.63, 3.8) is 0 Å². The molecule has 1 unspecified atom stereocenters. The number of sulfonamides is 2. The van der Waals surface area contributed by atoms with Crippen LogP contribution < -0.4 is 9.44 Å². The van der Waals surface area contributed by atoms with E-state index in [1.54, 1.807) is 4.90 Å². The minimum absolute atomic E-state index is 0.0554. The van der Waals surface area contributed by atoms with E-state index < -0.39 is 20.0 Å². The van der Waals surface area contributed by atoms with Crippen LogP contribution in [0, 0.1) is 5.92 Å². The zero-order valence-electron chi connectivity index (χ0n) is 18.4. The molecule has 3 rings (SSSR count). The first-order valence-corrected chi connectivity index (χ1v) is 14.0. The van der Waals surface area contributed by atoms with Crippen molar-refractivity contribution in [1.29, 1.82) is 0 Å². The summed E-state index contributed by atoms with van der Waals surface area (Å²) in [5.74, 6) is -0.0837. The molecule has 1 heterocycles. The molecule has 1 aliphatic heterocycles. The van der Waals surface area contributed by atoms with Crippen LogP contribution in [-0.2, 0) is 36.2 Å². The summed E-state index contributed by atoms with van der Waals surface area (Å²) in [5, 5.41) is 0. The second kappa shape index (κ2) is 11.1. The van der Waals surface area contributed by atoms with Crippen molar-refractivity contribution in [2.24, 2.45) is 5.92 Å². The van der Waals surface area contributed by atoms with Gasteiger partial charge in [-0.2, -0.15) is 0 Å². The Balaban J connectivity index is 1.47. The van der Waals surface area contributed by atoms with Crippen LogP contribution in [0.4, 0.5) is 5.69 Å². The van der Waals surface area contributed by atoms with E-state index in [9.17, 15) is 21.6 Å². The van der Waals surface area contributed by atoms with Crippen LogP contribution in [0.3, 0.4) is 0 Å². The Morgan fingerprint density at radius 1 is 1.06 bits per heavy atom. The van der Waals surface area contributed by atoms with E-state index in [0.29, 0.717) is 26.3 Å². The molecule has 2 N–H and O–H groups in total. The molecule has 33 heavy (non-hydrogen) atoms. The van der Waals surface area contributed by atoms with Crippen molar-refractivity contribution in [1.82, 2.24) is 9.62 Å². The van der Waals surface area contributed by atoms with Gasteiger partial charge in [0, 0.05) is 18.8 Å². The van der Waals surface area contributed by atoms with Crippen molar-refractivity contribution in [3.8, 4) is 0 Å². The third-order valence-corrected chi connectivity index (χ3v) is 7.24. The lowest BCUT2D eigenvalue weighted by molar-refractivity contribution is -0.132. The van der Waals surface area contributed by atoms with E-state index in [1.165, 1.54) is 24.3 Å². The standard InChI is InChI=1S/C22H29N3O6S2/c1-32(27,28)24-20-9-11-21(12-10-20)33(29,30)23-14-22(26)25-13-5-8-19(15-25)17-31-16-18-6-3-2-4-7-18/h2-4,6-7,9-12,19,23-24H,5,8,13-17H2,1H3. The zero-order valence-corrected chi connectivity index (χ0v) is 20.1. The Kier molecular flexibility index (Phi) is 8.46. The highest BCUT2D eigenvalue weighted by Gasteiger charge is 2.25. The normalized spacial score (nSPS) is 17.0. The fourth-order valence-electron chi connectivity index (χ4n) is 3.61. The molecule has 1 fully saturated rings. The molecule has 0 radical (unpaired) electrons. The highest BCUT2D eigenvalue weighted by atomic mass is 32.2. The van der Waals surface area contributed by atoms with Crippen LogP contribution in [0.1, 0.15) is 18.4 Å². The molecular weight excluding hydrogens is 466 g/mol. The summed E-state index contributed by atoms with van der Waals surface area (Å²) < 4.78 is 58.0. The molecule has 0 bridgehead atoms. The first-order chi connectivity index (χ1) is 15.6. The van der Waals surface area contributed by atoms with Crippen LogP contribution in [0.2, 0.25) is 0 Å². The fraction of sp³-hybridized carbons (Fsp3) is 0.409. The quantitative estimate of drug-likeness (QED) is 0.518. The highest BCUT2D eigenvalue weighted by Crippen LogP contribution is 2.18. The summed E-state index contributed by atoms with van der Waals surface area (Å²) in [6.45, 7) is 1.83. The number of hydrogen-bond donors (Lipinski definition) is 2. The number of benzene rings is 2. The Bertz CT molecular complexity index is 1140. The molecule has 0 aliphatic carbocycles. The van der Waals surface area contributed by atoms with Crippen molar-refractivity contribution < 1.29 is 26.4 Å². The third-order valence-electron chi connectivity index (χ3n) is 5.22. The molecule has 0 aromatic heterocycles. The monoisotopic (exact) mass is 495 g/mol. The van der Waals surface area contributed by atoms with Crippen LogP contribution in [0.5, 0.6) is 0 Å². The first-order valence-electron chi connectivity index (χ1n) is 10.6. The number of nitrogens with one attached hydrogen (secondary N) is 2. The van der Waals surface area contributed by atoms with Crippen molar-refractivity contribution >= 4 is 31.6 Å². The number of ether oxygens (including phenoxy) is 1. The highest BCUT2D eigenvalue weighted by molar-refractivity contribution is 7.92. The Labute approximate surface area is 195 Å². The van der Waals surface area contributed by atoms with Crippen molar-refractivity contribution in [2.45, 2.75) is 24.3 Å². The van der Waals surface area contributed by atoms with Crippen LogP contribution >= 0.6 is 0 Å². The molecule has 2 aromatic carbocycles. The van der Waals surface area contributed by atoms with Gasteiger partial charge in [-0.05, 0) is 48.6 Å². The molecule has 11 heteroatoms. The summed E-state index contributed by atoms with van der Waals surface area (Å²) in [4.78, 5) is 14.2. The molecule has 1 amide bonds. The Morgan fingerprint density at radius 3 is 2.42 bits per heavy atom. The number of hydrogen-bond acceptors (Lipinski definition) is 6. The summed E-state index contributed by atoms with van der Waals surface area (Å²) in [7, 11) is -7.37. The van der Waals surface area contributed by atoms with Crippen molar-refractivity contribution in [3.05, 3.63) is 60.2 Å². The van der Waals surface area contributed by atoms with E-state index >= 15 is 0 Å². The lowest BCUT2D eigenvalue weighted by atomic mass is 9.99. The van der Waals surface area contributed by atoms with Crippen LogP contribution in [0.25, 0.3) is 0 Å². The lowest BCUT2D eigenvalue weighted by Gasteiger charge is -2.32. The van der Waals surface area contributed by atoms with Gasteiger partial charge in [0.2, 0.25) is 26.0 Å². The first kappa shape index (κ1) is 25.2. The van der Waals surface area contributed by atoms with Gasteiger partial charge < -0.3 is 9.64 Å². The molecule has 9 nitrogen and oxygen atoms in total. The average molecular weight is 496 g/mol. The largest absolute Gasteiger partial charge is 0.376 e. The molecule has 1 saturated heterocycles. The molecule has 2 aromatic rings. The van der Waals surface area contributed by atoms with Crippen LogP contribution in [-0.4, -0.2) is 60.1 Å². The van der Waals surface area contributed by atoms with Crippen LogP contribution in [0.15, 0.2) is 59.5 Å². The van der Waals surface area contributed by atoms with Gasteiger partial charge in [-0.1, -0.05) is 30.3 Å². The van der Waals surface area contributed by atoms with E-state index in [-0.39, 0.29) is 29.0 Å². The molecule has 1 atom stereocenters. The number of amides is 1. The topological polar surface area (TPSA) is 122 Å². The summed E-state index contributed by atoms with van der Waals surface area (Å²) in [6.07, 6.45) is 2.80. The molecule has 0 saturated carbocycles. The number of rotatable bonds is 10. The van der Waals surface area contributed by atoms with Gasteiger partial charge in [0.05, 0.1) is 30.9 Å². The summed E-state index contributed by atoms with van der Waals surface area (Å²) in [5.41, 5.74) is 1.34. The summed E-state index contributed by atoms with van der Waals surface area (Å²) >= 11 is 0. The Morgan fingerprint density at radius 2 is 1.76 bits per heavy atom. The molecule has 1 aliphatic rings. The maximum Gasteiger partial charge on any atom is 0.241 e. The predicted octanol–water partition coefficient (Wildman–Crippen LogP) is 1.79. The lowest BCUT2D eigenvalue weighted by Crippen LogP contribution is -2.45. The minimum atomic E-state index is -3.91. The SMILES string of the molecule is CS(=O)(=O)Nc1ccc(S(=O)(=O)NCC(=O)N2CCCC(COCc3ccccc3)C2)cc1. The second-order valence-electron chi connectivity index (χ2n) is 8.07. The van der Waals surface area contributed by atoms with Gasteiger partial charge in [0.25, 0.3) is 0 Å². The van der Waals surface area contributed by atoms with E-state index in [1.807, 2.05) is 30.3 Å². The summed E-state index contributed by atoms with van der Waals surface area (Å²) in [6, 6.07) is 15.1. The van der Waals surface area contributed by atoms with Gasteiger partial charge in [-0.15, -0.1) is 0 Å². The Hall–Kier alpha value is -2.47. The molecule has 0 spiro atoms. The second-order valence-corrected chi connectivity index (χ2v) is 11.6. The number of carbonyl (C=O) groups is 1. The smallest absolute Gasteiger partial charge is 0.241 e. The van der Waals surface area contributed by atoms with E-state index in [2.05, 4.69) is 9.44 Å². The van der Waals surface area contributed by atoms with Gasteiger partial charge in [0.1, 0.15) is 0 Å². The minimum Gasteiger partial charge on any atom is -0.376 e. The zero-order chi connectivity index (χ0) is 23.9. The number of carbonyl (C=O) groups excluding carboxylic acids is 1. The number of piperidine rings is 1. The maximum absolute atomic E-state index is 12.6. The number of anilines is 1. The van der Waals surface area contributed by atoms with Crippen molar-refractivity contribution in [2.75, 3.05) is 37.2 Å². The third kappa shape index (κ3) is 8.11. The van der Waals surface area contributed by atoms with E-state index in [4.69, 9.17) is 4.74 Å². The predicted molar refractivity (Wildman–Crippen MR) is 125 cm³/mol. The van der Waals surface area contributed by atoms with Gasteiger partial charge >= 0.3 is 0 Å². The number of likely N-dealkylation sites (tertiary alicyclic amines) is 1. The number of nitrogens with zero attached hydrogens (tertiary/aromatic N) is 1. The maximum atomic E-state index is 12.6. The molecular formula is C22H29N3O6S2. The molecule has 180 valence electrons. The van der Waals surface area contributed by atoms with Gasteiger partial charge in [-0.25, -0.2) is 21.6 Å². The van der Waals surface area contributed by atoms with E-state index in [0.717, 1.165) is 24.7 Å². The van der Waals surface area contributed by atoms with Gasteiger partial charge in [-0.3, -0.25) is 9.52 Å². The average Bonchev–Trinajstić information content (AvgIpc) is 2.78. The fourth-order valence-corrected chi connectivity index (χ4v) is 5.15. The van der Waals surface area contributed by atoms with Gasteiger partial charge in [0.15, 0.2) is 0 Å².